The third-order valence-corrected chi connectivity index (χ3v) is 3.10. The van der Waals surface area contributed by atoms with Crippen molar-refractivity contribution in [2.45, 2.75) is 18.6 Å². The number of carboxylic acid groups (broad SMARTS) is 1. The van der Waals surface area contributed by atoms with Crippen molar-refractivity contribution in [3.05, 3.63) is 35.9 Å². The molecule has 6 nitrogen and oxygen atoms in total. The first kappa shape index (κ1) is 13.4. The van der Waals surface area contributed by atoms with Gasteiger partial charge in [0.05, 0.1) is 6.10 Å². The number of aliphatic hydroxyl groups is 1. The Kier molecular flexibility index (Phi) is 4.01. The Balaban J connectivity index is 2.05. The normalized spacial score (nSPS) is 20.1. The van der Waals surface area contributed by atoms with Gasteiger partial charge in [0, 0.05) is 13.1 Å². The summed E-state index contributed by atoms with van der Waals surface area (Å²) in [5, 5.41) is 21.0. The summed E-state index contributed by atoms with van der Waals surface area (Å²) in [4.78, 5) is 24.6. The molecule has 2 rings (SSSR count). The van der Waals surface area contributed by atoms with Crippen LogP contribution in [0.15, 0.2) is 30.3 Å². The molecule has 2 atom stereocenters. The highest BCUT2D eigenvalue weighted by atomic mass is 16.4. The fraction of sp³-hybridized carbons (Fsp3) is 0.385. The number of aliphatic carboxylic acids is 1. The number of nitrogens with zero attached hydrogens (tertiary/aromatic N) is 1. The number of carbonyl (C=O) groups is 2. The zero-order valence-corrected chi connectivity index (χ0v) is 10.3. The van der Waals surface area contributed by atoms with Gasteiger partial charge >= 0.3 is 12.0 Å². The van der Waals surface area contributed by atoms with Gasteiger partial charge in [-0.15, -0.1) is 0 Å². The van der Waals surface area contributed by atoms with E-state index in [9.17, 15) is 19.8 Å². The van der Waals surface area contributed by atoms with Gasteiger partial charge < -0.3 is 20.4 Å². The van der Waals surface area contributed by atoms with Crippen LogP contribution in [0.3, 0.4) is 0 Å². The van der Waals surface area contributed by atoms with Crippen LogP contribution in [-0.2, 0) is 4.79 Å². The van der Waals surface area contributed by atoms with E-state index < -0.39 is 24.1 Å². The van der Waals surface area contributed by atoms with E-state index in [0.29, 0.717) is 18.5 Å². The molecule has 0 aliphatic carbocycles. The minimum absolute atomic E-state index is 0.243. The van der Waals surface area contributed by atoms with E-state index in [1.807, 2.05) is 0 Å². The number of hydrogen-bond acceptors (Lipinski definition) is 3. The van der Waals surface area contributed by atoms with E-state index in [1.165, 1.54) is 4.90 Å². The summed E-state index contributed by atoms with van der Waals surface area (Å²) in [6, 6.07) is 6.98. The number of benzene rings is 1. The monoisotopic (exact) mass is 264 g/mol. The number of rotatable bonds is 3. The second-order valence-electron chi connectivity index (χ2n) is 4.52. The summed E-state index contributed by atoms with van der Waals surface area (Å²) in [5.41, 5.74) is 0.517. The Morgan fingerprint density at radius 3 is 2.53 bits per heavy atom. The third-order valence-electron chi connectivity index (χ3n) is 3.10. The lowest BCUT2D eigenvalue weighted by Gasteiger charge is -2.20. The van der Waals surface area contributed by atoms with E-state index in [0.717, 1.165) is 0 Å². The molecule has 19 heavy (non-hydrogen) atoms. The highest BCUT2D eigenvalue weighted by Crippen LogP contribution is 2.15. The molecule has 1 aliphatic heterocycles. The average Bonchev–Trinajstić information content (AvgIpc) is 2.83. The van der Waals surface area contributed by atoms with Gasteiger partial charge in [-0.05, 0) is 12.0 Å². The lowest BCUT2D eigenvalue weighted by atomic mass is 10.1. The van der Waals surface area contributed by atoms with Crippen LogP contribution in [0.5, 0.6) is 0 Å². The van der Waals surface area contributed by atoms with E-state index in [-0.39, 0.29) is 6.54 Å². The van der Waals surface area contributed by atoms with Gasteiger partial charge in [0.1, 0.15) is 0 Å². The summed E-state index contributed by atoms with van der Waals surface area (Å²) >= 11 is 0. The lowest BCUT2D eigenvalue weighted by molar-refractivity contribution is -0.139. The molecule has 0 bridgehead atoms. The van der Waals surface area contributed by atoms with Gasteiger partial charge in [0.2, 0.25) is 0 Å². The second kappa shape index (κ2) is 5.71. The number of carbonyl (C=O) groups excluding carboxylic acids is 1. The lowest BCUT2D eigenvalue weighted by Crippen LogP contribution is -2.43. The molecule has 6 heteroatoms. The standard InChI is InChI=1S/C13H16N2O4/c16-10-6-7-15(8-10)13(19)14-11(12(17)18)9-4-2-1-3-5-9/h1-5,10-11,16H,6-8H2,(H,14,19)(H,17,18). The number of hydrogen-bond donors (Lipinski definition) is 3. The molecule has 0 spiro atoms. The fourth-order valence-electron chi connectivity index (χ4n) is 2.07. The molecular formula is C13H16N2O4. The summed E-state index contributed by atoms with van der Waals surface area (Å²) in [6.45, 7) is 0.682. The summed E-state index contributed by atoms with van der Waals surface area (Å²) in [6.07, 6.45) is 0.00185. The SMILES string of the molecule is O=C(O)C(NC(=O)N1CCC(O)C1)c1ccccc1. The highest BCUT2D eigenvalue weighted by molar-refractivity contribution is 5.83. The molecule has 1 aromatic rings. The molecule has 1 fully saturated rings. The van der Waals surface area contributed by atoms with Crippen molar-refractivity contribution in [1.29, 1.82) is 0 Å². The summed E-state index contributed by atoms with van der Waals surface area (Å²) in [7, 11) is 0. The molecule has 1 heterocycles. The predicted octanol–water partition coefficient (Wildman–Crippen LogP) is 0.588. The van der Waals surface area contributed by atoms with Gasteiger partial charge in [0.25, 0.3) is 0 Å². The van der Waals surface area contributed by atoms with Crippen molar-refractivity contribution in [1.82, 2.24) is 10.2 Å². The number of amides is 2. The topological polar surface area (TPSA) is 89.9 Å². The Bertz CT molecular complexity index is 463. The zero-order valence-electron chi connectivity index (χ0n) is 10.3. The molecule has 0 radical (unpaired) electrons. The second-order valence-corrected chi connectivity index (χ2v) is 4.52. The first-order chi connectivity index (χ1) is 9.08. The number of aliphatic hydroxyl groups excluding tert-OH is 1. The van der Waals surface area contributed by atoms with Crippen LogP contribution in [0, 0.1) is 0 Å². The molecule has 0 aromatic heterocycles. The Morgan fingerprint density at radius 1 is 1.32 bits per heavy atom. The van der Waals surface area contributed by atoms with Gasteiger partial charge in [-0.25, -0.2) is 9.59 Å². The Hall–Kier alpha value is -2.08. The van der Waals surface area contributed by atoms with Crippen LogP contribution in [0.25, 0.3) is 0 Å². The van der Waals surface area contributed by atoms with Crippen molar-refractivity contribution in [2.75, 3.05) is 13.1 Å². The van der Waals surface area contributed by atoms with Gasteiger partial charge in [-0.3, -0.25) is 0 Å². The maximum Gasteiger partial charge on any atom is 0.330 e. The van der Waals surface area contributed by atoms with Gasteiger partial charge in [-0.2, -0.15) is 0 Å². The van der Waals surface area contributed by atoms with Crippen LogP contribution in [0.4, 0.5) is 4.79 Å². The molecule has 0 saturated carbocycles. The number of carboxylic acids is 1. The maximum absolute atomic E-state index is 11.9. The minimum Gasteiger partial charge on any atom is -0.479 e. The van der Waals surface area contributed by atoms with Crippen LogP contribution in [0.2, 0.25) is 0 Å². The molecule has 2 amide bonds. The smallest absolute Gasteiger partial charge is 0.330 e. The maximum atomic E-state index is 11.9. The number of nitrogens with one attached hydrogen (secondary N) is 1. The molecular weight excluding hydrogens is 248 g/mol. The third kappa shape index (κ3) is 3.23. The first-order valence-electron chi connectivity index (χ1n) is 6.09. The molecule has 102 valence electrons. The van der Waals surface area contributed by atoms with Gasteiger partial charge in [0.15, 0.2) is 6.04 Å². The van der Waals surface area contributed by atoms with Crippen molar-refractivity contribution in [3.8, 4) is 0 Å². The first-order valence-corrected chi connectivity index (χ1v) is 6.09. The molecule has 2 unspecified atom stereocenters. The van der Waals surface area contributed by atoms with E-state index in [2.05, 4.69) is 5.32 Å². The summed E-state index contributed by atoms with van der Waals surface area (Å²) in [5.74, 6) is -1.11. The number of likely N-dealkylation sites (tertiary alicyclic amines) is 1. The molecule has 1 aliphatic rings. The Labute approximate surface area is 110 Å². The number of urea groups is 1. The van der Waals surface area contributed by atoms with Crippen molar-refractivity contribution < 1.29 is 19.8 Å². The minimum atomic E-state index is -1.11. The summed E-state index contributed by atoms with van der Waals surface area (Å²) < 4.78 is 0. The zero-order chi connectivity index (χ0) is 13.8. The highest BCUT2D eigenvalue weighted by Gasteiger charge is 2.28. The Morgan fingerprint density at radius 2 is 2.00 bits per heavy atom. The predicted molar refractivity (Wildman–Crippen MR) is 67.5 cm³/mol. The van der Waals surface area contributed by atoms with Crippen LogP contribution in [0.1, 0.15) is 18.0 Å². The number of β-amino-alcohol motifs (C(OH)–C–C–N with tert-alkyl or cyclic N) is 1. The fourth-order valence-corrected chi connectivity index (χ4v) is 2.07. The van der Waals surface area contributed by atoms with E-state index in [1.54, 1.807) is 30.3 Å². The van der Waals surface area contributed by atoms with Crippen LogP contribution >= 0.6 is 0 Å². The molecule has 3 N–H and O–H groups in total. The van der Waals surface area contributed by atoms with Crippen LogP contribution in [-0.4, -0.2) is 46.3 Å². The van der Waals surface area contributed by atoms with Crippen molar-refractivity contribution >= 4 is 12.0 Å². The van der Waals surface area contributed by atoms with Gasteiger partial charge in [-0.1, -0.05) is 30.3 Å². The van der Waals surface area contributed by atoms with E-state index >= 15 is 0 Å². The van der Waals surface area contributed by atoms with Crippen molar-refractivity contribution in [2.24, 2.45) is 0 Å². The van der Waals surface area contributed by atoms with Crippen molar-refractivity contribution in [3.63, 3.8) is 0 Å². The van der Waals surface area contributed by atoms with Crippen LogP contribution < -0.4 is 5.32 Å². The average molecular weight is 264 g/mol. The quantitative estimate of drug-likeness (QED) is 0.745. The molecule has 1 aromatic carbocycles. The van der Waals surface area contributed by atoms with E-state index in [4.69, 9.17) is 0 Å². The largest absolute Gasteiger partial charge is 0.479 e. The molecule has 1 saturated heterocycles.